The van der Waals surface area contributed by atoms with Crippen LogP contribution in [-0.2, 0) is 9.53 Å². The monoisotopic (exact) mass is 263 g/mol. The molecule has 1 rings (SSSR count). The number of nitrogens with one attached hydrogen (secondary N) is 1. The normalized spacial score (nSPS) is 11.3. The van der Waals surface area contributed by atoms with E-state index in [-0.39, 0.29) is 18.8 Å². The summed E-state index contributed by atoms with van der Waals surface area (Å²) in [6.45, 7) is -1.66. The maximum Gasteiger partial charge on any atom is 0.411 e. The first-order valence-corrected chi connectivity index (χ1v) is 5.10. The van der Waals surface area contributed by atoms with E-state index in [0.29, 0.717) is 5.69 Å². The Kier molecular flexibility index (Phi) is 4.96. The number of aromatic hydroxyl groups is 1. The van der Waals surface area contributed by atoms with Gasteiger partial charge in [0.1, 0.15) is 12.4 Å². The van der Waals surface area contributed by atoms with Crippen LogP contribution in [-0.4, -0.2) is 30.4 Å². The number of ether oxygens (including phenoxy) is 1. The Morgan fingerprint density at radius 2 is 1.89 bits per heavy atom. The predicted octanol–water partition coefficient (Wildman–Crippen LogP) is 2.30. The number of amides is 1. The number of alkyl halides is 3. The lowest BCUT2D eigenvalue weighted by atomic mass is 10.3. The lowest BCUT2D eigenvalue weighted by Gasteiger charge is -2.08. The molecule has 100 valence electrons. The third-order valence-corrected chi connectivity index (χ3v) is 1.89. The first kappa shape index (κ1) is 14.3. The van der Waals surface area contributed by atoms with E-state index in [0.717, 1.165) is 0 Å². The highest BCUT2D eigenvalue weighted by atomic mass is 19.4. The fourth-order valence-electron chi connectivity index (χ4n) is 1.12. The molecule has 0 aliphatic heterocycles. The maximum absolute atomic E-state index is 11.7. The highest BCUT2D eigenvalue weighted by Gasteiger charge is 2.27. The molecule has 1 amide bonds. The Labute approximate surface area is 101 Å². The number of halogens is 3. The van der Waals surface area contributed by atoms with Gasteiger partial charge in [-0.15, -0.1) is 0 Å². The molecule has 7 heteroatoms. The molecule has 0 radical (unpaired) electrons. The quantitative estimate of drug-likeness (QED) is 0.633. The number of benzene rings is 1. The van der Waals surface area contributed by atoms with Crippen molar-refractivity contribution in [2.75, 3.05) is 18.5 Å². The van der Waals surface area contributed by atoms with Gasteiger partial charge in [0.15, 0.2) is 0 Å². The molecule has 0 aromatic heterocycles. The SMILES string of the molecule is O=C(CCOCC(F)(F)F)Nc1ccc(O)cc1. The molecule has 18 heavy (non-hydrogen) atoms. The first-order valence-electron chi connectivity index (χ1n) is 5.10. The van der Waals surface area contributed by atoms with Crippen molar-refractivity contribution in [3.63, 3.8) is 0 Å². The smallest absolute Gasteiger partial charge is 0.411 e. The minimum Gasteiger partial charge on any atom is -0.508 e. The van der Waals surface area contributed by atoms with Crippen molar-refractivity contribution in [3.8, 4) is 5.75 Å². The van der Waals surface area contributed by atoms with Crippen LogP contribution in [0, 0.1) is 0 Å². The van der Waals surface area contributed by atoms with Crippen LogP contribution in [0.5, 0.6) is 5.75 Å². The molecule has 0 saturated carbocycles. The van der Waals surface area contributed by atoms with Gasteiger partial charge in [-0.1, -0.05) is 0 Å². The topological polar surface area (TPSA) is 58.6 Å². The molecule has 1 aromatic carbocycles. The van der Waals surface area contributed by atoms with Crippen LogP contribution in [0.25, 0.3) is 0 Å². The Hall–Kier alpha value is -1.76. The van der Waals surface area contributed by atoms with Crippen LogP contribution in [0.1, 0.15) is 6.42 Å². The predicted molar refractivity (Wildman–Crippen MR) is 58.2 cm³/mol. The van der Waals surface area contributed by atoms with Gasteiger partial charge in [0.25, 0.3) is 0 Å². The number of hydrogen-bond acceptors (Lipinski definition) is 3. The third kappa shape index (κ3) is 6.09. The Morgan fingerprint density at radius 3 is 2.44 bits per heavy atom. The summed E-state index contributed by atoms with van der Waals surface area (Å²) in [5.41, 5.74) is 0.452. The molecule has 0 heterocycles. The van der Waals surface area contributed by atoms with E-state index in [1.807, 2.05) is 0 Å². The summed E-state index contributed by atoms with van der Waals surface area (Å²) in [5, 5.41) is 11.5. The molecule has 2 N–H and O–H groups in total. The summed E-state index contributed by atoms with van der Waals surface area (Å²) in [4.78, 5) is 11.3. The summed E-state index contributed by atoms with van der Waals surface area (Å²) in [7, 11) is 0. The fourth-order valence-corrected chi connectivity index (χ4v) is 1.12. The molecule has 0 atom stereocenters. The molecule has 0 fully saturated rings. The number of phenols is 1. The molecule has 0 aliphatic rings. The van der Waals surface area contributed by atoms with Crippen molar-refractivity contribution < 1.29 is 27.8 Å². The van der Waals surface area contributed by atoms with Crippen LogP contribution in [0.2, 0.25) is 0 Å². The van der Waals surface area contributed by atoms with Gasteiger partial charge in [-0.25, -0.2) is 0 Å². The largest absolute Gasteiger partial charge is 0.508 e. The fraction of sp³-hybridized carbons (Fsp3) is 0.364. The van der Waals surface area contributed by atoms with E-state index in [4.69, 9.17) is 5.11 Å². The number of anilines is 1. The molecule has 4 nitrogen and oxygen atoms in total. The van der Waals surface area contributed by atoms with Gasteiger partial charge in [-0.3, -0.25) is 4.79 Å². The zero-order chi connectivity index (χ0) is 13.6. The van der Waals surface area contributed by atoms with Gasteiger partial charge in [-0.05, 0) is 24.3 Å². The summed E-state index contributed by atoms with van der Waals surface area (Å²) in [6, 6.07) is 5.72. The molecular weight excluding hydrogens is 251 g/mol. The Balaban J connectivity index is 2.24. The van der Waals surface area contributed by atoms with Crippen LogP contribution >= 0.6 is 0 Å². The number of hydrogen-bond donors (Lipinski definition) is 2. The Bertz CT molecular complexity index is 390. The van der Waals surface area contributed by atoms with Crippen molar-refractivity contribution in [1.82, 2.24) is 0 Å². The lowest BCUT2D eigenvalue weighted by Crippen LogP contribution is -2.20. The van der Waals surface area contributed by atoms with Crippen LogP contribution < -0.4 is 5.32 Å². The van der Waals surface area contributed by atoms with E-state index in [2.05, 4.69) is 10.1 Å². The number of carbonyl (C=O) groups excluding carboxylic acids is 1. The van der Waals surface area contributed by atoms with E-state index < -0.39 is 18.7 Å². The second-order valence-electron chi connectivity index (χ2n) is 3.51. The first-order chi connectivity index (χ1) is 8.37. The van der Waals surface area contributed by atoms with Gasteiger partial charge < -0.3 is 15.2 Å². The van der Waals surface area contributed by atoms with Crippen molar-refractivity contribution in [1.29, 1.82) is 0 Å². The van der Waals surface area contributed by atoms with Gasteiger partial charge in [0.2, 0.25) is 5.91 Å². The second kappa shape index (κ2) is 6.25. The van der Waals surface area contributed by atoms with Gasteiger partial charge in [0.05, 0.1) is 13.0 Å². The summed E-state index contributed by atoms with van der Waals surface area (Å²) < 4.78 is 39.4. The van der Waals surface area contributed by atoms with Gasteiger partial charge in [0, 0.05) is 5.69 Å². The van der Waals surface area contributed by atoms with Crippen molar-refractivity contribution in [2.45, 2.75) is 12.6 Å². The Morgan fingerprint density at radius 1 is 1.28 bits per heavy atom. The summed E-state index contributed by atoms with van der Waals surface area (Å²) in [6.07, 6.45) is -4.55. The van der Waals surface area contributed by atoms with Crippen molar-refractivity contribution in [3.05, 3.63) is 24.3 Å². The zero-order valence-corrected chi connectivity index (χ0v) is 9.33. The maximum atomic E-state index is 11.7. The van der Waals surface area contributed by atoms with Crippen molar-refractivity contribution >= 4 is 11.6 Å². The molecule has 1 aromatic rings. The minimum atomic E-state index is -4.38. The van der Waals surface area contributed by atoms with E-state index in [1.54, 1.807) is 0 Å². The van der Waals surface area contributed by atoms with Gasteiger partial charge >= 0.3 is 6.18 Å². The van der Waals surface area contributed by atoms with Crippen LogP contribution in [0.15, 0.2) is 24.3 Å². The molecule has 0 aliphatic carbocycles. The highest BCUT2D eigenvalue weighted by Crippen LogP contribution is 2.15. The standard InChI is InChI=1S/C11H12F3NO3/c12-11(13,14)7-18-6-5-10(17)15-8-1-3-9(16)4-2-8/h1-4,16H,5-7H2,(H,15,17). The number of carbonyl (C=O) groups is 1. The van der Waals surface area contributed by atoms with E-state index in [1.165, 1.54) is 24.3 Å². The highest BCUT2D eigenvalue weighted by molar-refractivity contribution is 5.90. The average molecular weight is 263 g/mol. The van der Waals surface area contributed by atoms with E-state index in [9.17, 15) is 18.0 Å². The van der Waals surface area contributed by atoms with E-state index >= 15 is 0 Å². The molecular formula is C11H12F3NO3. The zero-order valence-electron chi connectivity index (χ0n) is 9.33. The third-order valence-electron chi connectivity index (χ3n) is 1.89. The summed E-state index contributed by atoms with van der Waals surface area (Å²) >= 11 is 0. The summed E-state index contributed by atoms with van der Waals surface area (Å²) in [5.74, 6) is -0.399. The molecule has 0 spiro atoms. The number of rotatable bonds is 5. The van der Waals surface area contributed by atoms with Crippen molar-refractivity contribution in [2.24, 2.45) is 0 Å². The number of phenolic OH excluding ortho intramolecular Hbond substituents is 1. The lowest BCUT2D eigenvalue weighted by molar-refractivity contribution is -0.174. The molecule has 0 unspecified atom stereocenters. The van der Waals surface area contributed by atoms with Crippen LogP contribution in [0.3, 0.4) is 0 Å². The average Bonchev–Trinajstić information content (AvgIpc) is 2.26. The molecule has 0 saturated heterocycles. The minimum absolute atomic E-state index is 0.0570. The van der Waals surface area contributed by atoms with Gasteiger partial charge in [-0.2, -0.15) is 13.2 Å². The second-order valence-corrected chi connectivity index (χ2v) is 3.51. The van der Waals surface area contributed by atoms with Crippen LogP contribution in [0.4, 0.5) is 18.9 Å². The molecule has 0 bridgehead atoms.